The van der Waals surface area contributed by atoms with Gasteiger partial charge in [0, 0.05) is 12.5 Å². The summed E-state index contributed by atoms with van der Waals surface area (Å²) >= 11 is 0. The van der Waals surface area contributed by atoms with E-state index in [-0.39, 0.29) is 5.91 Å². The molecule has 0 aromatic rings. The fraction of sp³-hybridized carbons (Fsp3) is 0.889. The van der Waals surface area contributed by atoms with E-state index in [2.05, 4.69) is 12.2 Å². The number of hydrogen-bond donors (Lipinski definition) is 2. The first kappa shape index (κ1) is 9.52. The summed E-state index contributed by atoms with van der Waals surface area (Å²) in [5.41, 5.74) is 5.01. The van der Waals surface area contributed by atoms with Gasteiger partial charge in [-0.2, -0.15) is 0 Å². The lowest BCUT2D eigenvalue weighted by Crippen LogP contribution is -2.40. The first-order valence-corrected chi connectivity index (χ1v) is 4.70. The van der Waals surface area contributed by atoms with Crippen molar-refractivity contribution in [3.63, 3.8) is 0 Å². The molecule has 0 spiro atoms. The molecular weight excluding hydrogens is 152 g/mol. The summed E-state index contributed by atoms with van der Waals surface area (Å²) in [4.78, 5) is 10.4. The number of hydrogen-bond acceptors (Lipinski definition) is 2. The lowest BCUT2D eigenvalue weighted by molar-refractivity contribution is -0.118. The summed E-state index contributed by atoms with van der Waals surface area (Å²) in [6, 6.07) is 0.702. The maximum atomic E-state index is 10.4. The first-order valence-electron chi connectivity index (χ1n) is 4.70. The van der Waals surface area contributed by atoms with Crippen molar-refractivity contribution in [3.8, 4) is 0 Å². The topological polar surface area (TPSA) is 55.1 Å². The van der Waals surface area contributed by atoms with E-state index in [0.29, 0.717) is 12.5 Å². The van der Waals surface area contributed by atoms with E-state index >= 15 is 0 Å². The van der Waals surface area contributed by atoms with Gasteiger partial charge in [0.05, 0.1) is 0 Å². The fourth-order valence-electron chi connectivity index (χ4n) is 1.64. The van der Waals surface area contributed by atoms with Gasteiger partial charge in [-0.1, -0.05) is 6.92 Å². The van der Waals surface area contributed by atoms with Crippen molar-refractivity contribution in [1.82, 2.24) is 5.32 Å². The fourth-order valence-corrected chi connectivity index (χ4v) is 1.64. The predicted octanol–water partition coefficient (Wildman–Crippen LogP) is 0.640. The van der Waals surface area contributed by atoms with E-state index in [1.807, 2.05) is 0 Å². The molecule has 0 aromatic carbocycles. The molecule has 0 unspecified atom stereocenters. The second-order valence-electron chi connectivity index (χ2n) is 3.80. The van der Waals surface area contributed by atoms with E-state index in [0.717, 1.165) is 18.9 Å². The van der Waals surface area contributed by atoms with Crippen LogP contribution in [0.4, 0.5) is 0 Å². The molecule has 0 atom stereocenters. The van der Waals surface area contributed by atoms with Gasteiger partial charge in [0.15, 0.2) is 0 Å². The normalized spacial score (nSPS) is 28.1. The van der Waals surface area contributed by atoms with Crippen LogP contribution in [0.15, 0.2) is 0 Å². The number of carbonyl (C=O) groups excluding carboxylic acids is 1. The summed E-state index contributed by atoms with van der Waals surface area (Å²) < 4.78 is 0. The molecule has 3 nitrogen and oxygen atoms in total. The van der Waals surface area contributed by atoms with Gasteiger partial charge in [0.25, 0.3) is 0 Å². The van der Waals surface area contributed by atoms with Crippen molar-refractivity contribution in [2.45, 2.75) is 38.6 Å². The second kappa shape index (κ2) is 4.45. The van der Waals surface area contributed by atoms with Crippen LogP contribution in [-0.4, -0.2) is 18.5 Å². The number of nitrogens with two attached hydrogens (primary N) is 1. The molecule has 1 aliphatic rings. The summed E-state index contributed by atoms with van der Waals surface area (Å²) in [7, 11) is 0. The van der Waals surface area contributed by atoms with Crippen LogP contribution >= 0.6 is 0 Å². The Labute approximate surface area is 73.7 Å². The van der Waals surface area contributed by atoms with Crippen LogP contribution < -0.4 is 11.1 Å². The van der Waals surface area contributed by atoms with Gasteiger partial charge in [0.2, 0.25) is 5.91 Å². The molecule has 1 amide bonds. The van der Waals surface area contributed by atoms with E-state index in [9.17, 15) is 4.79 Å². The Morgan fingerprint density at radius 1 is 1.58 bits per heavy atom. The highest BCUT2D eigenvalue weighted by Crippen LogP contribution is 2.25. The van der Waals surface area contributed by atoms with Gasteiger partial charge < -0.3 is 11.1 Å². The molecule has 12 heavy (non-hydrogen) atoms. The van der Waals surface area contributed by atoms with Crippen molar-refractivity contribution in [2.24, 2.45) is 11.7 Å². The Morgan fingerprint density at radius 2 is 2.25 bits per heavy atom. The van der Waals surface area contributed by atoms with Crippen LogP contribution in [-0.2, 0) is 4.79 Å². The van der Waals surface area contributed by atoms with Gasteiger partial charge in [-0.3, -0.25) is 4.79 Å². The molecule has 3 N–H and O–H groups in total. The minimum Gasteiger partial charge on any atom is -0.370 e. The van der Waals surface area contributed by atoms with Crippen LogP contribution in [0.25, 0.3) is 0 Å². The third-order valence-corrected chi connectivity index (χ3v) is 2.41. The molecule has 1 saturated carbocycles. The Kier molecular flexibility index (Phi) is 3.53. The lowest BCUT2D eigenvalue weighted by Gasteiger charge is -2.33. The van der Waals surface area contributed by atoms with Gasteiger partial charge in [-0.15, -0.1) is 0 Å². The highest BCUT2D eigenvalue weighted by atomic mass is 16.1. The predicted molar refractivity (Wildman–Crippen MR) is 48.6 cm³/mol. The highest BCUT2D eigenvalue weighted by Gasteiger charge is 2.23. The van der Waals surface area contributed by atoms with Gasteiger partial charge in [0.1, 0.15) is 0 Å². The van der Waals surface area contributed by atoms with Gasteiger partial charge in [-0.25, -0.2) is 0 Å². The average Bonchev–Trinajstić information content (AvgIpc) is 1.93. The van der Waals surface area contributed by atoms with E-state index < -0.39 is 0 Å². The third kappa shape index (κ3) is 3.22. The summed E-state index contributed by atoms with van der Waals surface area (Å²) in [5.74, 6) is 0.692. The molecule has 1 rings (SSSR count). The Bertz CT molecular complexity index is 153. The molecule has 0 bridgehead atoms. The third-order valence-electron chi connectivity index (χ3n) is 2.41. The molecule has 70 valence electrons. The minimum atomic E-state index is -0.196. The van der Waals surface area contributed by atoms with Crippen LogP contribution in [0.5, 0.6) is 0 Å². The number of nitrogens with one attached hydrogen (secondary N) is 1. The first-order chi connectivity index (χ1) is 5.68. The minimum absolute atomic E-state index is 0.196. The molecule has 0 aromatic heterocycles. The van der Waals surface area contributed by atoms with E-state index in [1.165, 1.54) is 12.8 Å². The van der Waals surface area contributed by atoms with Crippen molar-refractivity contribution in [2.75, 3.05) is 6.54 Å². The van der Waals surface area contributed by atoms with Crippen LogP contribution in [0.1, 0.15) is 32.6 Å². The monoisotopic (exact) mass is 170 g/mol. The summed E-state index contributed by atoms with van der Waals surface area (Å²) in [5, 5.41) is 3.40. The lowest BCUT2D eigenvalue weighted by atomic mass is 9.82. The molecule has 0 radical (unpaired) electrons. The molecule has 1 aliphatic carbocycles. The molecule has 0 saturated heterocycles. The van der Waals surface area contributed by atoms with Gasteiger partial charge in [-0.05, 0) is 31.7 Å². The van der Waals surface area contributed by atoms with Crippen molar-refractivity contribution in [1.29, 1.82) is 0 Å². The van der Waals surface area contributed by atoms with Gasteiger partial charge >= 0.3 is 0 Å². The van der Waals surface area contributed by atoms with Crippen molar-refractivity contribution < 1.29 is 4.79 Å². The Hall–Kier alpha value is -0.570. The molecular formula is C9H18N2O. The Morgan fingerprint density at radius 3 is 2.75 bits per heavy atom. The van der Waals surface area contributed by atoms with E-state index in [1.54, 1.807) is 0 Å². The molecule has 3 heteroatoms. The SMILES string of the molecule is CC1CC(NCCCC(N)=O)C1. The van der Waals surface area contributed by atoms with Crippen LogP contribution in [0.3, 0.4) is 0 Å². The zero-order valence-electron chi connectivity index (χ0n) is 7.68. The number of amides is 1. The van der Waals surface area contributed by atoms with E-state index in [4.69, 9.17) is 5.73 Å². The molecule has 0 aliphatic heterocycles. The molecule has 1 fully saturated rings. The maximum absolute atomic E-state index is 10.4. The number of primary amides is 1. The number of rotatable bonds is 5. The van der Waals surface area contributed by atoms with Crippen LogP contribution in [0, 0.1) is 5.92 Å². The zero-order valence-corrected chi connectivity index (χ0v) is 7.68. The second-order valence-corrected chi connectivity index (χ2v) is 3.80. The summed E-state index contributed by atoms with van der Waals surface area (Å²) in [6.45, 7) is 3.20. The Balaban J connectivity index is 1.87. The van der Waals surface area contributed by atoms with Crippen molar-refractivity contribution >= 4 is 5.91 Å². The largest absolute Gasteiger partial charge is 0.370 e. The quantitative estimate of drug-likeness (QED) is 0.595. The number of carbonyl (C=O) groups is 1. The smallest absolute Gasteiger partial charge is 0.217 e. The highest BCUT2D eigenvalue weighted by molar-refractivity contribution is 5.73. The zero-order chi connectivity index (χ0) is 8.97. The summed E-state index contributed by atoms with van der Waals surface area (Å²) in [6.07, 6.45) is 3.96. The maximum Gasteiger partial charge on any atom is 0.217 e. The molecule has 0 heterocycles. The van der Waals surface area contributed by atoms with Crippen molar-refractivity contribution in [3.05, 3.63) is 0 Å². The average molecular weight is 170 g/mol. The van der Waals surface area contributed by atoms with Crippen LogP contribution in [0.2, 0.25) is 0 Å². The standard InChI is InChI=1S/C9H18N2O/c1-7-5-8(6-7)11-4-2-3-9(10)12/h7-8,11H,2-6H2,1H3,(H2,10,12).